The molecule has 1 aromatic carbocycles. The zero-order chi connectivity index (χ0) is 15.8. The highest BCUT2D eigenvalue weighted by molar-refractivity contribution is 6.01. The average molecular weight is 287 g/mol. The maximum atomic E-state index is 12.2. The Kier molecular flexibility index (Phi) is 4.46. The summed E-state index contributed by atoms with van der Waals surface area (Å²) in [5.74, 6) is 0.637. The van der Waals surface area contributed by atoms with Crippen molar-refractivity contribution >= 4 is 11.5 Å². The molecular weight excluding hydrogens is 258 g/mol. The van der Waals surface area contributed by atoms with Crippen LogP contribution in [-0.4, -0.2) is 18.9 Å². The number of benzene rings is 1. The van der Waals surface area contributed by atoms with Gasteiger partial charge < -0.3 is 4.90 Å². The van der Waals surface area contributed by atoms with Crippen LogP contribution in [0.25, 0.3) is 0 Å². The number of ketones is 1. The first-order valence-electron chi connectivity index (χ1n) is 8.22. The first kappa shape index (κ1) is 16.1. The number of hydrogen-bond donors (Lipinski definition) is 0. The van der Waals surface area contributed by atoms with Crippen molar-refractivity contribution in [2.75, 3.05) is 18.0 Å². The first-order chi connectivity index (χ1) is 9.77. The second-order valence-corrected chi connectivity index (χ2v) is 7.30. The standard InChI is InChI=1S/C19H29NO/c1-7-9-20-10-8-19(5,6)17-12-15(13(2)3)11-16(14(4)21)18(17)20/h11-13H,7-10H2,1-6H3. The van der Waals surface area contributed by atoms with E-state index in [4.69, 9.17) is 0 Å². The lowest BCUT2D eigenvalue weighted by Crippen LogP contribution is -2.39. The summed E-state index contributed by atoms with van der Waals surface area (Å²) in [7, 11) is 0. The minimum Gasteiger partial charge on any atom is -0.371 e. The summed E-state index contributed by atoms with van der Waals surface area (Å²) in [6.45, 7) is 15.0. The van der Waals surface area contributed by atoms with Crippen molar-refractivity contribution in [3.05, 3.63) is 28.8 Å². The molecule has 0 spiro atoms. The molecule has 0 amide bonds. The summed E-state index contributed by atoms with van der Waals surface area (Å²) < 4.78 is 0. The van der Waals surface area contributed by atoms with Crippen LogP contribution in [0.3, 0.4) is 0 Å². The molecule has 0 aliphatic carbocycles. The van der Waals surface area contributed by atoms with Gasteiger partial charge in [-0.05, 0) is 48.3 Å². The van der Waals surface area contributed by atoms with Crippen LogP contribution in [-0.2, 0) is 5.41 Å². The molecule has 1 aromatic rings. The fraction of sp³-hybridized carbons (Fsp3) is 0.632. The maximum absolute atomic E-state index is 12.2. The molecule has 21 heavy (non-hydrogen) atoms. The van der Waals surface area contributed by atoms with Gasteiger partial charge in [-0.15, -0.1) is 0 Å². The first-order valence-corrected chi connectivity index (χ1v) is 8.22. The fourth-order valence-corrected chi connectivity index (χ4v) is 3.27. The highest BCUT2D eigenvalue weighted by atomic mass is 16.1. The molecule has 0 atom stereocenters. The molecule has 116 valence electrons. The Morgan fingerprint density at radius 2 is 2.00 bits per heavy atom. The van der Waals surface area contributed by atoms with Gasteiger partial charge in [-0.2, -0.15) is 0 Å². The highest BCUT2D eigenvalue weighted by Gasteiger charge is 2.34. The third-order valence-corrected chi connectivity index (χ3v) is 4.72. The molecule has 0 unspecified atom stereocenters. The number of fused-ring (bicyclic) bond motifs is 1. The lowest BCUT2D eigenvalue weighted by atomic mass is 9.75. The fourth-order valence-electron chi connectivity index (χ4n) is 3.27. The van der Waals surface area contributed by atoms with Gasteiger partial charge in [0.1, 0.15) is 0 Å². The molecule has 2 rings (SSSR count). The van der Waals surface area contributed by atoms with Gasteiger partial charge in [0.2, 0.25) is 0 Å². The number of carbonyl (C=O) groups is 1. The van der Waals surface area contributed by atoms with E-state index in [0.29, 0.717) is 5.92 Å². The molecule has 1 aliphatic heterocycles. The van der Waals surface area contributed by atoms with Crippen molar-refractivity contribution in [3.8, 4) is 0 Å². The van der Waals surface area contributed by atoms with Crippen LogP contribution in [0.4, 0.5) is 5.69 Å². The molecule has 1 aliphatic rings. The summed E-state index contributed by atoms with van der Waals surface area (Å²) in [4.78, 5) is 14.6. The molecular formula is C19H29NO. The number of anilines is 1. The topological polar surface area (TPSA) is 20.3 Å². The molecule has 0 N–H and O–H groups in total. The van der Waals surface area contributed by atoms with E-state index in [2.05, 4.69) is 51.7 Å². The van der Waals surface area contributed by atoms with Crippen LogP contribution in [0.5, 0.6) is 0 Å². The van der Waals surface area contributed by atoms with Crippen molar-refractivity contribution in [1.29, 1.82) is 0 Å². The highest BCUT2D eigenvalue weighted by Crippen LogP contribution is 2.43. The predicted molar refractivity (Wildman–Crippen MR) is 90.7 cm³/mol. The average Bonchev–Trinajstić information content (AvgIpc) is 2.41. The third kappa shape index (κ3) is 3.00. The van der Waals surface area contributed by atoms with Gasteiger partial charge in [-0.1, -0.05) is 40.7 Å². The van der Waals surface area contributed by atoms with Gasteiger partial charge in [0.05, 0.1) is 5.69 Å². The number of rotatable bonds is 4. The Bertz CT molecular complexity index is 543. The van der Waals surface area contributed by atoms with Crippen molar-refractivity contribution in [2.45, 2.75) is 65.7 Å². The summed E-state index contributed by atoms with van der Waals surface area (Å²) in [6.07, 6.45) is 2.27. The van der Waals surface area contributed by atoms with Crippen LogP contribution in [0.2, 0.25) is 0 Å². The van der Waals surface area contributed by atoms with Crippen molar-refractivity contribution in [1.82, 2.24) is 0 Å². The normalized spacial score (nSPS) is 17.0. The van der Waals surface area contributed by atoms with Gasteiger partial charge in [-0.25, -0.2) is 0 Å². The summed E-state index contributed by atoms with van der Waals surface area (Å²) >= 11 is 0. The molecule has 2 nitrogen and oxygen atoms in total. The van der Waals surface area contributed by atoms with E-state index in [0.717, 1.165) is 31.5 Å². The molecule has 0 saturated carbocycles. The minimum absolute atomic E-state index is 0.147. The van der Waals surface area contributed by atoms with Crippen molar-refractivity contribution in [2.24, 2.45) is 0 Å². The Hall–Kier alpha value is -1.31. The van der Waals surface area contributed by atoms with Gasteiger partial charge in [0.15, 0.2) is 5.78 Å². The van der Waals surface area contributed by atoms with E-state index in [9.17, 15) is 4.79 Å². The molecule has 1 heterocycles. The molecule has 2 heteroatoms. The zero-order valence-electron chi connectivity index (χ0n) is 14.4. The van der Waals surface area contributed by atoms with Gasteiger partial charge in [0.25, 0.3) is 0 Å². The molecule has 0 fully saturated rings. The lowest BCUT2D eigenvalue weighted by Gasteiger charge is -2.42. The number of carbonyl (C=O) groups excluding carboxylic acids is 1. The second kappa shape index (κ2) is 5.82. The van der Waals surface area contributed by atoms with Crippen molar-refractivity contribution in [3.63, 3.8) is 0 Å². The third-order valence-electron chi connectivity index (χ3n) is 4.72. The van der Waals surface area contributed by atoms with E-state index in [-0.39, 0.29) is 11.2 Å². The van der Waals surface area contributed by atoms with Crippen LogP contribution in [0.1, 0.15) is 81.8 Å². The Balaban J connectivity index is 2.70. The summed E-state index contributed by atoms with van der Waals surface area (Å²) in [6, 6.07) is 4.46. The zero-order valence-corrected chi connectivity index (χ0v) is 14.4. The maximum Gasteiger partial charge on any atom is 0.161 e. The quantitative estimate of drug-likeness (QED) is 0.733. The van der Waals surface area contributed by atoms with Crippen LogP contribution >= 0.6 is 0 Å². The van der Waals surface area contributed by atoms with E-state index < -0.39 is 0 Å². The smallest absolute Gasteiger partial charge is 0.161 e. The molecule has 0 radical (unpaired) electrons. The Labute approximate surface area is 129 Å². The molecule has 0 bridgehead atoms. The van der Waals surface area contributed by atoms with E-state index in [1.54, 1.807) is 6.92 Å². The lowest BCUT2D eigenvalue weighted by molar-refractivity contribution is 0.101. The van der Waals surface area contributed by atoms with Crippen molar-refractivity contribution < 1.29 is 4.79 Å². The van der Waals surface area contributed by atoms with E-state index >= 15 is 0 Å². The number of Topliss-reactive ketones (excluding diaryl/α,β-unsaturated/α-hetero) is 1. The van der Waals surface area contributed by atoms with E-state index in [1.165, 1.54) is 16.8 Å². The number of nitrogens with zero attached hydrogens (tertiary/aromatic N) is 1. The van der Waals surface area contributed by atoms with Gasteiger partial charge in [-0.3, -0.25) is 4.79 Å². The van der Waals surface area contributed by atoms with Gasteiger partial charge >= 0.3 is 0 Å². The molecule has 0 saturated heterocycles. The summed E-state index contributed by atoms with van der Waals surface area (Å²) in [5, 5.41) is 0. The minimum atomic E-state index is 0.147. The number of hydrogen-bond acceptors (Lipinski definition) is 2. The molecule has 0 aromatic heterocycles. The van der Waals surface area contributed by atoms with E-state index in [1.807, 2.05) is 0 Å². The van der Waals surface area contributed by atoms with Crippen LogP contribution in [0, 0.1) is 0 Å². The Morgan fingerprint density at radius 3 is 2.52 bits per heavy atom. The summed E-state index contributed by atoms with van der Waals surface area (Å²) in [5.41, 5.74) is 4.90. The predicted octanol–water partition coefficient (Wildman–Crippen LogP) is 4.91. The van der Waals surface area contributed by atoms with Crippen LogP contribution in [0.15, 0.2) is 12.1 Å². The second-order valence-electron chi connectivity index (χ2n) is 7.30. The Morgan fingerprint density at radius 1 is 1.33 bits per heavy atom. The van der Waals surface area contributed by atoms with Gasteiger partial charge in [0, 0.05) is 18.7 Å². The SMILES string of the molecule is CCCN1CCC(C)(C)c2cc(C(C)C)cc(C(C)=O)c21. The monoisotopic (exact) mass is 287 g/mol. The van der Waals surface area contributed by atoms with Crippen LogP contribution < -0.4 is 4.90 Å². The largest absolute Gasteiger partial charge is 0.371 e.